The molecule has 5 unspecified atom stereocenters. The number of hydrogen-bond donors (Lipinski definition) is 1. The van der Waals surface area contributed by atoms with Crippen LogP contribution in [-0.2, 0) is 0 Å². The molecule has 0 saturated heterocycles. The van der Waals surface area contributed by atoms with Crippen LogP contribution in [0.15, 0.2) is 23.3 Å². The van der Waals surface area contributed by atoms with E-state index < -0.39 is 0 Å². The Hall–Kier alpha value is -0.560. The van der Waals surface area contributed by atoms with Crippen molar-refractivity contribution in [2.24, 2.45) is 28.1 Å². The molecule has 2 saturated carbocycles. The molecule has 1 N–H and O–H groups in total. The van der Waals surface area contributed by atoms with E-state index >= 15 is 0 Å². The fourth-order valence-corrected chi connectivity index (χ4v) is 6.30. The van der Waals surface area contributed by atoms with E-state index in [-0.39, 0.29) is 11.5 Å². The predicted octanol–water partition coefficient (Wildman–Crippen LogP) is 7.06. The van der Waals surface area contributed by atoms with Gasteiger partial charge in [-0.1, -0.05) is 51.0 Å². The highest BCUT2D eigenvalue weighted by atomic mass is 16.3. The van der Waals surface area contributed by atoms with Crippen molar-refractivity contribution in [3.8, 4) is 0 Å². The quantitative estimate of drug-likeness (QED) is 0.459. The lowest BCUT2D eigenvalue weighted by Gasteiger charge is -2.61. The normalized spacial score (nSPS) is 44.0. The van der Waals surface area contributed by atoms with Crippen molar-refractivity contribution in [3.63, 3.8) is 0 Å². The number of allylic oxidation sites excluding steroid dienone is 4. The standard InChI is InChI=1S/C25H42O/c1-18-8-7-9-19(2)12-13-24(5)16-17-25(6)15-14-23(3,4)22(26)21(25)20(24)11-10-18/h8,12,20-22,26H,7,9-11,13-17H2,1-6H3. The van der Waals surface area contributed by atoms with Crippen LogP contribution in [0, 0.1) is 28.1 Å². The van der Waals surface area contributed by atoms with Crippen LogP contribution in [0.2, 0.25) is 0 Å². The summed E-state index contributed by atoms with van der Waals surface area (Å²) >= 11 is 0. The Kier molecular flexibility index (Phi) is 5.52. The summed E-state index contributed by atoms with van der Waals surface area (Å²) in [4.78, 5) is 0. The minimum Gasteiger partial charge on any atom is -0.392 e. The largest absolute Gasteiger partial charge is 0.392 e. The molecule has 2 fully saturated rings. The minimum absolute atomic E-state index is 0.0608. The van der Waals surface area contributed by atoms with E-state index in [2.05, 4.69) is 53.7 Å². The first-order valence-electron chi connectivity index (χ1n) is 11.1. The monoisotopic (exact) mass is 358 g/mol. The van der Waals surface area contributed by atoms with Gasteiger partial charge in [-0.15, -0.1) is 0 Å². The van der Waals surface area contributed by atoms with E-state index in [1.54, 1.807) is 11.1 Å². The van der Waals surface area contributed by atoms with Crippen molar-refractivity contribution in [2.75, 3.05) is 0 Å². The lowest BCUT2D eigenvalue weighted by atomic mass is 9.44. The molecule has 1 nitrogen and oxygen atoms in total. The zero-order valence-corrected chi connectivity index (χ0v) is 18.2. The highest BCUT2D eigenvalue weighted by Gasteiger charge is 2.58. The van der Waals surface area contributed by atoms with Crippen LogP contribution < -0.4 is 0 Å². The molecule has 0 heterocycles. The van der Waals surface area contributed by atoms with Crippen molar-refractivity contribution in [2.45, 2.75) is 105 Å². The Balaban J connectivity index is 2.00. The van der Waals surface area contributed by atoms with Gasteiger partial charge >= 0.3 is 0 Å². The summed E-state index contributed by atoms with van der Waals surface area (Å²) in [5, 5.41) is 11.5. The van der Waals surface area contributed by atoms with E-state index in [0.717, 1.165) is 0 Å². The van der Waals surface area contributed by atoms with Crippen molar-refractivity contribution < 1.29 is 5.11 Å². The van der Waals surface area contributed by atoms with E-state index in [1.807, 2.05) is 0 Å². The number of aliphatic hydroxyl groups excluding tert-OH is 1. The van der Waals surface area contributed by atoms with Crippen LogP contribution in [0.1, 0.15) is 99.3 Å². The third-order valence-electron chi connectivity index (χ3n) is 8.68. The summed E-state index contributed by atoms with van der Waals surface area (Å²) in [5.41, 5.74) is 3.83. The smallest absolute Gasteiger partial charge is 0.0627 e. The molecule has 3 aliphatic rings. The molecule has 0 bridgehead atoms. The summed E-state index contributed by atoms with van der Waals surface area (Å²) in [5.74, 6) is 1.08. The predicted molar refractivity (Wildman–Crippen MR) is 112 cm³/mol. The average molecular weight is 359 g/mol. The van der Waals surface area contributed by atoms with Gasteiger partial charge in [-0.3, -0.25) is 0 Å². The Bertz CT molecular complexity index is 583. The van der Waals surface area contributed by atoms with Gasteiger partial charge in [0.1, 0.15) is 0 Å². The summed E-state index contributed by atoms with van der Waals surface area (Å²) < 4.78 is 0. The maximum Gasteiger partial charge on any atom is 0.0627 e. The van der Waals surface area contributed by atoms with Gasteiger partial charge in [0.15, 0.2) is 0 Å². The molecule has 0 aromatic heterocycles. The van der Waals surface area contributed by atoms with Gasteiger partial charge in [0.25, 0.3) is 0 Å². The fraction of sp³-hybridized carbons (Fsp3) is 0.840. The van der Waals surface area contributed by atoms with Gasteiger partial charge in [0.2, 0.25) is 0 Å². The zero-order chi connectivity index (χ0) is 19.2. The van der Waals surface area contributed by atoms with Crippen LogP contribution in [0.5, 0.6) is 0 Å². The third-order valence-corrected chi connectivity index (χ3v) is 8.68. The van der Waals surface area contributed by atoms with Crippen LogP contribution >= 0.6 is 0 Å². The van der Waals surface area contributed by atoms with Crippen molar-refractivity contribution >= 4 is 0 Å². The van der Waals surface area contributed by atoms with Gasteiger partial charge in [-0.2, -0.15) is 0 Å². The number of fused-ring (bicyclic) bond motifs is 3. The van der Waals surface area contributed by atoms with Crippen molar-refractivity contribution in [1.82, 2.24) is 0 Å². The number of aliphatic hydroxyl groups is 1. The van der Waals surface area contributed by atoms with Crippen molar-refractivity contribution in [1.29, 1.82) is 0 Å². The zero-order valence-electron chi connectivity index (χ0n) is 18.2. The first kappa shape index (κ1) is 20.2. The van der Waals surface area contributed by atoms with E-state index in [4.69, 9.17) is 0 Å². The topological polar surface area (TPSA) is 20.2 Å². The van der Waals surface area contributed by atoms with E-state index in [0.29, 0.717) is 22.7 Å². The third kappa shape index (κ3) is 3.71. The molecule has 5 atom stereocenters. The Morgan fingerprint density at radius 2 is 1.46 bits per heavy atom. The molecule has 0 spiro atoms. The van der Waals surface area contributed by atoms with Crippen LogP contribution in [-0.4, -0.2) is 11.2 Å². The minimum atomic E-state index is -0.162. The van der Waals surface area contributed by atoms with Gasteiger partial charge < -0.3 is 5.11 Å². The highest BCUT2D eigenvalue weighted by Crippen LogP contribution is 2.63. The van der Waals surface area contributed by atoms with Gasteiger partial charge in [-0.05, 0) is 99.7 Å². The molecule has 0 amide bonds. The second kappa shape index (κ2) is 7.12. The molecule has 3 aliphatic carbocycles. The Morgan fingerprint density at radius 3 is 2.19 bits per heavy atom. The molecule has 26 heavy (non-hydrogen) atoms. The lowest BCUT2D eigenvalue weighted by Crippen LogP contribution is -2.58. The second-order valence-electron chi connectivity index (χ2n) is 11.3. The van der Waals surface area contributed by atoms with Gasteiger partial charge in [0.05, 0.1) is 6.10 Å². The second-order valence-corrected chi connectivity index (χ2v) is 11.3. The number of hydrogen-bond acceptors (Lipinski definition) is 1. The summed E-state index contributed by atoms with van der Waals surface area (Å²) in [6, 6.07) is 0. The molecular formula is C25H42O. The van der Waals surface area contributed by atoms with Crippen molar-refractivity contribution in [3.05, 3.63) is 23.3 Å². The van der Waals surface area contributed by atoms with E-state index in [1.165, 1.54) is 57.8 Å². The Labute approximate surface area is 162 Å². The molecule has 0 aromatic carbocycles. The molecule has 148 valence electrons. The lowest BCUT2D eigenvalue weighted by molar-refractivity contribution is -0.169. The maximum atomic E-state index is 11.5. The first-order chi connectivity index (χ1) is 12.1. The molecule has 0 aliphatic heterocycles. The number of rotatable bonds is 0. The average Bonchev–Trinajstić information content (AvgIpc) is 2.59. The summed E-state index contributed by atoms with van der Waals surface area (Å²) in [6.45, 7) is 14.2. The molecule has 0 aromatic rings. The van der Waals surface area contributed by atoms with Crippen LogP contribution in [0.4, 0.5) is 0 Å². The fourth-order valence-electron chi connectivity index (χ4n) is 6.30. The summed E-state index contributed by atoms with van der Waals surface area (Å²) in [6.07, 6.45) is 15.9. The molecular weight excluding hydrogens is 316 g/mol. The van der Waals surface area contributed by atoms with Gasteiger partial charge in [-0.25, -0.2) is 0 Å². The van der Waals surface area contributed by atoms with Gasteiger partial charge in [0, 0.05) is 0 Å². The van der Waals surface area contributed by atoms with E-state index in [9.17, 15) is 5.11 Å². The maximum absolute atomic E-state index is 11.5. The molecule has 3 rings (SSSR count). The summed E-state index contributed by atoms with van der Waals surface area (Å²) in [7, 11) is 0. The molecule has 1 heteroatoms. The highest BCUT2D eigenvalue weighted by molar-refractivity contribution is 5.12. The first-order valence-corrected chi connectivity index (χ1v) is 11.1. The molecule has 0 radical (unpaired) electrons. The SMILES string of the molecule is CC1=CCC2(C)CCC3(C)CCC(C)(C)C(O)C3C2CCC(C)=CCC1. The Morgan fingerprint density at radius 1 is 0.846 bits per heavy atom. The van der Waals surface area contributed by atoms with Crippen LogP contribution in [0.25, 0.3) is 0 Å². The van der Waals surface area contributed by atoms with Crippen LogP contribution in [0.3, 0.4) is 0 Å².